The number of thioether (sulfide) groups is 1. The quantitative estimate of drug-likeness (QED) is 0.797. The summed E-state index contributed by atoms with van der Waals surface area (Å²) >= 11 is 1.51. The number of benzene rings is 1. The lowest BCUT2D eigenvalue weighted by Crippen LogP contribution is -2.48. The Bertz CT molecular complexity index is 761. The first-order valence-corrected chi connectivity index (χ1v) is 9.59. The summed E-state index contributed by atoms with van der Waals surface area (Å²) in [5.41, 5.74) is 1.01. The van der Waals surface area contributed by atoms with Crippen LogP contribution in [0.15, 0.2) is 36.5 Å². The van der Waals surface area contributed by atoms with Gasteiger partial charge in [-0.2, -0.15) is 11.8 Å². The maximum absolute atomic E-state index is 12.3. The number of nitrogens with one attached hydrogen (secondary N) is 2. The number of carbonyl (C=O) groups is 2. The van der Waals surface area contributed by atoms with E-state index in [0.717, 1.165) is 10.9 Å². The van der Waals surface area contributed by atoms with Gasteiger partial charge in [0.2, 0.25) is 5.91 Å². The number of rotatable bonds is 7. The van der Waals surface area contributed by atoms with Gasteiger partial charge in [-0.1, -0.05) is 12.1 Å². The molecule has 0 fully saturated rings. The minimum atomic E-state index is -0.376. The van der Waals surface area contributed by atoms with Crippen LogP contribution in [0, 0.1) is 0 Å². The van der Waals surface area contributed by atoms with Gasteiger partial charge in [0.25, 0.3) is 5.91 Å². The van der Waals surface area contributed by atoms with Crippen LogP contribution < -0.4 is 10.6 Å². The van der Waals surface area contributed by atoms with Gasteiger partial charge in [-0.15, -0.1) is 0 Å². The highest BCUT2D eigenvalue weighted by Crippen LogP contribution is 2.14. The van der Waals surface area contributed by atoms with Crippen molar-refractivity contribution in [2.45, 2.75) is 38.0 Å². The molecule has 0 spiro atoms. The minimum Gasteiger partial charge on any atom is -0.352 e. The van der Waals surface area contributed by atoms with Crippen molar-refractivity contribution in [2.24, 2.45) is 0 Å². The average Bonchev–Trinajstić information content (AvgIpc) is 2.59. The Kier molecular flexibility index (Phi) is 6.42. The predicted octanol–water partition coefficient (Wildman–Crippen LogP) is 3.00. The fraction of sp³-hybridized carbons (Fsp3) is 0.421. The number of hydrogen-bond donors (Lipinski definition) is 2. The molecule has 0 aliphatic carbocycles. The van der Waals surface area contributed by atoms with Gasteiger partial charge in [-0.3, -0.25) is 14.6 Å². The first kappa shape index (κ1) is 19.2. The second-order valence-electron chi connectivity index (χ2n) is 6.67. The molecule has 0 aliphatic rings. The van der Waals surface area contributed by atoms with Crippen LogP contribution >= 0.6 is 11.8 Å². The third-order valence-corrected chi connectivity index (χ3v) is 5.01. The van der Waals surface area contributed by atoms with Crippen molar-refractivity contribution in [3.8, 4) is 0 Å². The zero-order valence-electron chi connectivity index (χ0n) is 15.1. The molecular weight excluding hydrogens is 334 g/mol. The zero-order chi connectivity index (χ0) is 18.4. The maximum Gasteiger partial charge on any atom is 0.251 e. The van der Waals surface area contributed by atoms with Gasteiger partial charge < -0.3 is 10.6 Å². The van der Waals surface area contributed by atoms with E-state index in [1.165, 1.54) is 11.8 Å². The largest absolute Gasteiger partial charge is 0.352 e. The summed E-state index contributed by atoms with van der Waals surface area (Å²) in [4.78, 5) is 28.6. The maximum atomic E-state index is 12.3. The molecule has 1 aromatic carbocycles. The van der Waals surface area contributed by atoms with Crippen molar-refractivity contribution >= 4 is 34.5 Å². The Morgan fingerprint density at radius 3 is 2.76 bits per heavy atom. The number of fused-ring (bicyclic) bond motifs is 1. The number of nitrogens with zero attached hydrogens (tertiary/aromatic N) is 1. The SMILES string of the molecule is CSC(C)C(=O)NC(C)(C)CCNC(=O)c1ccc2cccnc2c1. The smallest absolute Gasteiger partial charge is 0.251 e. The fourth-order valence-corrected chi connectivity index (χ4v) is 2.68. The molecule has 1 heterocycles. The molecule has 2 amide bonds. The molecule has 2 aromatic rings. The van der Waals surface area contributed by atoms with Crippen LogP contribution in [0.25, 0.3) is 10.9 Å². The van der Waals surface area contributed by atoms with E-state index in [4.69, 9.17) is 0 Å². The molecule has 0 saturated heterocycles. The molecule has 0 radical (unpaired) electrons. The molecule has 1 aromatic heterocycles. The second-order valence-corrected chi connectivity index (χ2v) is 7.85. The summed E-state index contributed by atoms with van der Waals surface area (Å²) in [5, 5.41) is 6.86. The Morgan fingerprint density at radius 1 is 1.28 bits per heavy atom. The van der Waals surface area contributed by atoms with Gasteiger partial charge >= 0.3 is 0 Å². The van der Waals surface area contributed by atoms with E-state index in [2.05, 4.69) is 15.6 Å². The number of hydrogen-bond acceptors (Lipinski definition) is 4. The molecule has 1 unspecified atom stereocenters. The lowest BCUT2D eigenvalue weighted by Gasteiger charge is -2.27. The molecule has 2 rings (SSSR count). The summed E-state index contributed by atoms with van der Waals surface area (Å²) in [6, 6.07) is 9.32. The third-order valence-electron chi connectivity index (χ3n) is 4.09. The van der Waals surface area contributed by atoms with Gasteiger partial charge in [0.15, 0.2) is 0 Å². The molecule has 25 heavy (non-hydrogen) atoms. The van der Waals surface area contributed by atoms with Gasteiger partial charge in [-0.25, -0.2) is 0 Å². The standard InChI is InChI=1S/C19H25N3O2S/c1-13(25-4)17(23)22-19(2,3)9-11-21-18(24)15-8-7-14-6-5-10-20-16(14)12-15/h5-8,10,12-13H,9,11H2,1-4H3,(H,21,24)(H,22,23). The van der Waals surface area contributed by atoms with Crippen LogP contribution in [-0.2, 0) is 4.79 Å². The molecular formula is C19H25N3O2S. The highest BCUT2D eigenvalue weighted by molar-refractivity contribution is 7.99. The van der Waals surface area contributed by atoms with E-state index in [9.17, 15) is 9.59 Å². The van der Waals surface area contributed by atoms with Crippen LogP contribution in [0.2, 0.25) is 0 Å². The highest BCUT2D eigenvalue weighted by atomic mass is 32.2. The number of pyridine rings is 1. The number of carbonyl (C=O) groups excluding carboxylic acids is 2. The van der Waals surface area contributed by atoms with Gasteiger partial charge in [0, 0.05) is 29.2 Å². The molecule has 0 bridgehead atoms. The molecule has 2 N–H and O–H groups in total. The van der Waals surface area contributed by atoms with Crippen LogP contribution in [-0.4, -0.2) is 40.4 Å². The number of aromatic nitrogens is 1. The topological polar surface area (TPSA) is 71.1 Å². The lowest BCUT2D eigenvalue weighted by molar-refractivity contribution is -0.121. The monoisotopic (exact) mass is 359 g/mol. The second kappa shape index (κ2) is 8.34. The van der Waals surface area contributed by atoms with Crippen LogP contribution in [0.5, 0.6) is 0 Å². The summed E-state index contributed by atoms with van der Waals surface area (Å²) < 4.78 is 0. The van der Waals surface area contributed by atoms with Crippen LogP contribution in [0.1, 0.15) is 37.6 Å². The summed E-state index contributed by atoms with van der Waals surface area (Å²) in [7, 11) is 0. The van der Waals surface area contributed by atoms with Gasteiger partial charge in [0.1, 0.15) is 0 Å². The van der Waals surface area contributed by atoms with Crippen molar-refractivity contribution in [3.05, 3.63) is 42.1 Å². The zero-order valence-corrected chi connectivity index (χ0v) is 15.9. The summed E-state index contributed by atoms with van der Waals surface area (Å²) in [6.07, 6.45) is 4.28. The normalized spacial score (nSPS) is 12.6. The van der Waals surface area contributed by atoms with E-state index in [0.29, 0.717) is 18.5 Å². The Labute approximate surface area is 153 Å². The number of amides is 2. The van der Waals surface area contributed by atoms with E-state index < -0.39 is 0 Å². The Hall–Kier alpha value is -2.08. The molecule has 0 saturated carbocycles. The Balaban J connectivity index is 1.89. The van der Waals surface area contributed by atoms with Crippen molar-refractivity contribution in [1.82, 2.24) is 15.6 Å². The van der Waals surface area contributed by atoms with Crippen molar-refractivity contribution < 1.29 is 9.59 Å². The molecule has 5 nitrogen and oxygen atoms in total. The van der Waals surface area contributed by atoms with Crippen molar-refractivity contribution in [2.75, 3.05) is 12.8 Å². The molecule has 134 valence electrons. The van der Waals surface area contributed by atoms with Gasteiger partial charge in [0.05, 0.1) is 10.8 Å². The summed E-state index contributed by atoms with van der Waals surface area (Å²) in [6.45, 7) is 6.29. The highest BCUT2D eigenvalue weighted by Gasteiger charge is 2.23. The van der Waals surface area contributed by atoms with Crippen LogP contribution in [0.3, 0.4) is 0 Å². The predicted molar refractivity (Wildman–Crippen MR) is 104 cm³/mol. The van der Waals surface area contributed by atoms with Gasteiger partial charge in [-0.05, 0) is 51.6 Å². The molecule has 6 heteroatoms. The lowest BCUT2D eigenvalue weighted by atomic mass is 10.0. The fourth-order valence-electron chi connectivity index (χ4n) is 2.40. The van der Waals surface area contributed by atoms with E-state index >= 15 is 0 Å². The molecule has 1 atom stereocenters. The van der Waals surface area contributed by atoms with Crippen molar-refractivity contribution in [3.63, 3.8) is 0 Å². The first-order chi connectivity index (χ1) is 11.8. The van der Waals surface area contributed by atoms with Crippen LogP contribution in [0.4, 0.5) is 0 Å². The minimum absolute atomic E-state index is 0.0180. The summed E-state index contributed by atoms with van der Waals surface area (Å²) in [5.74, 6) is -0.114. The third kappa shape index (κ3) is 5.46. The molecule has 0 aliphatic heterocycles. The Morgan fingerprint density at radius 2 is 2.04 bits per heavy atom. The van der Waals surface area contributed by atoms with E-state index in [1.54, 1.807) is 18.3 Å². The first-order valence-electron chi connectivity index (χ1n) is 8.30. The van der Waals surface area contributed by atoms with E-state index in [1.807, 2.05) is 45.2 Å². The van der Waals surface area contributed by atoms with E-state index in [-0.39, 0.29) is 22.6 Å². The van der Waals surface area contributed by atoms with Crippen molar-refractivity contribution in [1.29, 1.82) is 0 Å². The average molecular weight is 359 g/mol.